The molecule has 0 spiro atoms. The van der Waals surface area contributed by atoms with Crippen molar-refractivity contribution in [1.29, 1.82) is 0 Å². The first-order valence-electron chi connectivity index (χ1n) is 5.50. The minimum atomic E-state index is -2.26. The second kappa shape index (κ2) is 6.35. The number of ether oxygens (including phenoxy) is 1. The van der Waals surface area contributed by atoms with Crippen LogP contribution in [-0.2, 0) is 11.3 Å². The lowest BCUT2D eigenvalue weighted by Crippen LogP contribution is -1.97. The Kier molecular flexibility index (Phi) is 3.72. The average molecular weight is 194 g/mol. The fourth-order valence-corrected chi connectivity index (χ4v) is 1.06. The van der Waals surface area contributed by atoms with Crippen LogP contribution in [0.25, 0.3) is 0 Å². The van der Waals surface area contributed by atoms with Gasteiger partial charge in [-0.15, -0.1) is 0 Å². The number of hydrogen-bond donors (Lipinski definition) is 1. The Balaban J connectivity index is 2.34. The third kappa shape index (κ3) is 4.21. The second-order valence-electron chi connectivity index (χ2n) is 3.10. The number of rotatable bonds is 5. The quantitative estimate of drug-likeness (QED) is 0.728. The molecule has 0 unspecified atom stereocenters. The van der Waals surface area contributed by atoms with Crippen molar-refractivity contribution in [2.75, 3.05) is 13.2 Å². The molecule has 0 saturated heterocycles. The van der Waals surface area contributed by atoms with Crippen LogP contribution in [0.4, 0.5) is 0 Å². The summed E-state index contributed by atoms with van der Waals surface area (Å²) in [6.45, 7) is 0.259. The molecule has 0 saturated carbocycles. The van der Waals surface area contributed by atoms with Gasteiger partial charge in [-0.05, 0) is 18.1 Å². The number of benzene rings is 1. The predicted molar refractivity (Wildman–Crippen MR) is 56.9 cm³/mol. The maximum atomic E-state index is 8.91. The van der Waals surface area contributed by atoms with Gasteiger partial charge in [0, 0.05) is 0 Å². The molecule has 0 aliphatic heterocycles. The molecule has 1 aromatic rings. The van der Waals surface area contributed by atoms with E-state index in [1.54, 1.807) is 6.92 Å². The fourth-order valence-electron chi connectivity index (χ4n) is 1.06. The van der Waals surface area contributed by atoms with Crippen molar-refractivity contribution in [2.45, 2.75) is 13.5 Å². The van der Waals surface area contributed by atoms with Crippen LogP contribution < -0.4 is 0 Å². The molecule has 0 aromatic heterocycles. The van der Waals surface area contributed by atoms with E-state index in [0.29, 0.717) is 18.8 Å². The first-order chi connectivity index (χ1) is 7.47. The molecule has 0 amide bonds. The molecular formula is C12H16O2. The summed E-state index contributed by atoms with van der Waals surface area (Å²) < 4.78 is 19.3. The Bertz CT molecular complexity index is 342. The summed E-state index contributed by atoms with van der Waals surface area (Å²) >= 11 is 0. The van der Waals surface area contributed by atoms with Crippen LogP contribution in [0.2, 0.25) is 0 Å². The molecule has 2 nitrogen and oxygen atoms in total. The standard InChI is InChI=1S/C12H16O2/c1-11(7-8-13)9-14-10-12-5-3-2-4-6-12/h2-7,13H,8-10H2,1H3/b11-7+/i8D2. The SMILES string of the molecule is [2H]C([2H])(O)/C=C(\C)COCc1ccccc1. The van der Waals surface area contributed by atoms with E-state index in [1.165, 1.54) is 0 Å². The Hall–Kier alpha value is -1.12. The second-order valence-corrected chi connectivity index (χ2v) is 3.10. The van der Waals surface area contributed by atoms with E-state index in [-0.39, 0.29) is 0 Å². The third-order valence-electron chi connectivity index (χ3n) is 1.75. The summed E-state index contributed by atoms with van der Waals surface area (Å²) in [4.78, 5) is 0. The van der Waals surface area contributed by atoms with Gasteiger partial charge in [0.05, 0.1) is 22.5 Å². The summed E-state index contributed by atoms with van der Waals surface area (Å²) in [5.41, 5.74) is 1.74. The van der Waals surface area contributed by atoms with E-state index in [1.807, 2.05) is 30.3 Å². The molecule has 1 N–H and O–H groups in total. The van der Waals surface area contributed by atoms with E-state index < -0.39 is 6.56 Å². The highest BCUT2D eigenvalue weighted by Gasteiger charge is 1.92. The molecular weight excluding hydrogens is 176 g/mol. The van der Waals surface area contributed by atoms with Crippen LogP contribution in [0.3, 0.4) is 0 Å². The third-order valence-corrected chi connectivity index (χ3v) is 1.75. The molecule has 0 fully saturated rings. The van der Waals surface area contributed by atoms with Crippen LogP contribution >= 0.6 is 0 Å². The van der Waals surface area contributed by atoms with Gasteiger partial charge in [0.2, 0.25) is 0 Å². The van der Waals surface area contributed by atoms with Gasteiger partial charge < -0.3 is 9.84 Å². The van der Waals surface area contributed by atoms with Gasteiger partial charge in [-0.3, -0.25) is 0 Å². The lowest BCUT2D eigenvalue weighted by molar-refractivity contribution is 0.142. The van der Waals surface area contributed by atoms with Crippen LogP contribution in [0.1, 0.15) is 15.2 Å². The zero-order valence-electron chi connectivity index (χ0n) is 10.2. The van der Waals surface area contributed by atoms with Crippen LogP contribution in [-0.4, -0.2) is 18.3 Å². The highest BCUT2D eigenvalue weighted by molar-refractivity contribution is 5.13. The molecule has 1 aromatic carbocycles. The molecule has 1 rings (SSSR count). The number of hydrogen-bond acceptors (Lipinski definition) is 2. The van der Waals surface area contributed by atoms with Crippen molar-refractivity contribution in [1.82, 2.24) is 0 Å². The van der Waals surface area contributed by atoms with Gasteiger partial charge in [0.1, 0.15) is 0 Å². The molecule has 0 radical (unpaired) electrons. The fraction of sp³-hybridized carbons (Fsp3) is 0.333. The van der Waals surface area contributed by atoms with Gasteiger partial charge in [0.25, 0.3) is 0 Å². The van der Waals surface area contributed by atoms with Crippen molar-refractivity contribution < 1.29 is 12.6 Å². The smallest absolute Gasteiger partial charge is 0.0721 e. The van der Waals surface area contributed by atoms with Gasteiger partial charge in [-0.1, -0.05) is 36.4 Å². The summed E-state index contributed by atoms with van der Waals surface area (Å²) in [5, 5.41) is 8.91. The summed E-state index contributed by atoms with van der Waals surface area (Å²) in [6, 6.07) is 9.74. The lowest BCUT2D eigenvalue weighted by atomic mass is 10.2. The number of aliphatic hydroxyl groups is 1. The van der Waals surface area contributed by atoms with Crippen LogP contribution in [0.15, 0.2) is 42.0 Å². The predicted octanol–water partition coefficient (Wildman–Crippen LogP) is 2.14. The zero-order chi connectivity index (χ0) is 12.0. The zero-order valence-corrected chi connectivity index (χ0v) is 8.23. The Morgan fingerprint density at radius 1 is 1.50 bits per heavy atom. The molecule has 2 heteroatoms. The Labute approximate surface area is 87.6 Å². The average Bonchev–Trinajstić information content (AvgIpc) is 2.16. The first-order valence-corrected chi connectivity index (χ1v) is 4.50. The van der Waals surface area contributed by atoms with Crippen molar-refractivity contribution in [3.05, 3.63) is 47.5 Å². The normalized spacial score (nSPS) is 14.9. The molecule has 0 aliphatic carbocycles. The summed E-state index contributed by atoms with van der Waals surface area (Å²) in [7, 11) is 0. The summed E-state index contributed by atoms with van der Waals surface area (Å²) in [5.74, 6) is 0. The maximum Gasteiger partial charge on any atom is 0.0721 e. The van der Waals surface area contributed by atoms with E-state index in [4.69, 9.17) is 12.6 Å². The molecule has 0 heterocycles. The van der Waals surface area contributed by atoms with Gasteiger partial charge in [-0.2, -0.15) is 0 Å². The minimum absolute atomic E-state index is 0.314. The highest BCUT2D eigenvalue weighted by Crippen LogP contribution is 2.02. The molecule has 0 bridgehead atoms. The van der Waals surface area contributed by atoms with E-state index in [2.05, 4.69) is 0 Å². The van der Waals surface area contributed by atoms with Crippen molar-refractivity contribution >= 4 is 0 Å². The van der Waals surface area contributed by atoms with Gasteiger partial charge in [-0.25, -0.2) is 0 Å². The van der Waals surface area contributed by atoms with Crippen LogP contribution in [0, 0.1) is 0 Å². The minimum Gasteiger partial charge on any atom is -0.392 e. The topological polar surface area (TPSA) is 29.5 Å². The van der Waals surface area contributed by atoms with Gasteiger partial charge in [0.15, 0.2) is 0 Å². The first kappa shape index (κ1) is 8.21. The largest absolute Gasteiger partial charge is 0.392 e. The molecule has 14 heavy (non-hydrogen) atoms. The van der Waals surface area contributed by atoms with Gasteiger partial charge >= 0.3 is 0 Å². The monoisotopic (exact) mass is 194 g/mol. The van der Waals surface area contributed by atoms with E-state index >= 15 is 0 Å². The Morgan fingerprint density at radius 3 is 2.86 bits per heavy atom. The van der Waals surface area contributed by atoms with E-state index in [9.17, 15) is 0 Å². The maximum absolute atomic E-state index is 8.91. The molecule has 0 aliphatic rings. The van der Waals surface area contributed by atoms with Crippen molar-refractivity contribution in [3.63, 3.8) is 0 Å². The summed E-state index contributed by atoms with van der Waals surface area (Å²) in [6.07, 6.45) is 1.15. The van der Waals surface area contributed by atoms with Crippen LogP contribution in [0.5, 0.6) is 0 Å². The highest BCUT2D eigenvalue weighted by atomic mass is 16.5. The van der Waals surface area contributed by atoms with Crippen molar-refractivity contribution in [3.8, 4) is 0 Å². The van der Waals surface area contributed by atoms with E-state index in [0.717, 1.165) is 11.6 Å². The molecule has 76 valence electrons. The molecule has 0 atom stereocenters. The Morgan fingerprint density at radius 2 is 2.21 bits per heavy atom. The lowest BCUT2D eigenvalue weighted by Gasteiger charge is -2.04. The van der Waals surface area contributed by atoms with Crippen molar-refractivity contribution in [2.24, 2.45) is 0 Å².